The van der Waals surface area contributed by atoms with Gasteiger partial charge in [-0.2, -0.15) is 15.5 Å². The van der Waals surface area contributed by atoms with E-state index in [1.165, 1.54) is 15.5 Å². The van der Waals surface area contributed by atoms with Gasteiger partial charge in [0.2, 0.25) is 0 Å². The summed E-state index contributed by atoms with van der Waals surface area (Å²) in [6.45, 7) is 0. The van der Waals surface area contributed by atoms with Gasteiger partial charge in [0.15, 0.2) is 0 Å². The molecule has 0 spiro atoms. The number of hydrogen-bond donors (Lipinski definition) is 0. The minimum absolute atomic E-state index is 0. The maximum absolute atomic E-state index is 7.13. The van der Waals surface area contributed by atoms with E-state index in [4.69, 9.17) is 16.2 Å². The molecule has 11 heavy (non-hydrogen) atoms. The summed E-state index contributed by atoms with van der Waals surface area (Å²) in [5.41, 5.74) is 0. The van der Waals surface area contributed by atoms with E-state index in [9.17, 15) is 0 Å². The van der Waals surface area contributed by atoms with Gasteiger partial charge in [-0.3, -0.25) is 0 Å². The molecule has 0 aromatic rings. The van der Waals surface area contributed by atoms with Gasteiger partial charge in [0.25, 0.3) is 0 Å². The van der Waals surface area contributed by atoms with Gasteiger partial charge in [-0.1, -0.05) is 36.7 Å². The van der Waals surface area contributed by atoms with Crippen LogP contribution in [-0.2, 0) is 16.8 Å². The van der Waals surface area contributed by atoms with Crippen LogP contribution in [0.5, 0.6) is 0 Å². The molecule has 0 rings (SSSR count). The summed E-state index contributed by atoms with van der Waals surface area (Å²) in [6, 6.07) is 0. The average Bonchev–Trinajstić information content (AvgIpc) is 1.70. The number of isothiocyanates is 3. The van der Waals surface area contributed by atoms with E-state index >= 15 is 0 Å². The fraction of sp³-hybridized carbons (Fsp3) is 0. The van der Waals surface area contributed by atoms with E-state index in [0.29, 0.717) is 0 Å². The van der Waals surface area contributed by atoms with Crippen molar-refractivity contribution in [1.29, 1.82) is 0 Å². The van der Waals surface area contributed by atoms with Crippen LogP contribution in [0.4, 0.5) is 0 Å². The Kier molecular flexibility index (Phi) is 189. The van der Waals surface area contributed by atoms with E-state index in [1.807, 2.05) is 0 Å². The van der Waals surface area contributed by atoms with Gasteiger partial charge in [-0.25, -0.2) is 0 Å². The van der Waals surface area contributed by atoms with E-state index in [2.05, 4.69) is 36.7 Å². The second kappa shape index (κ2) is 70.1. The summed E-state index contributed by atoms with van der Waals surface area (Å²) < 4.78 is 0. The molecule has 1 radical (unpaired) electrons. The molecule has 0 unspecified atom stereocenters. The zero-order valence-corrected chi connectivity index (χ0v) is 10.9. The largest absolute Gasteiger partial charge is 2.00 e. The number of hydrogen-bond acceptors (Lipinski definition) is 3. The minimum atomic E-state index is 0. The Balaban J connectivity index is -0.0000000150. The Morgan fingerprint density at radius 1 is 0.727 bits per heavy atom. The fourth-order valence-corrected chi connectivity index (χ4v) is 0. The first-order valence-corrected chi connectivity index (χ1v) is 2.51. The molecule has 55 valence electrons. The number of rotatable bonds is 0. The monoisotopic (exact) mass is 256 g/mol. The summed E-state index contributed by atoms with van der Waals surface area (Å²) in [5.74, 6) is 0. The smallest absolute Gasteiger partial charge is 0.753 e. The zero-order valence-electron chi connectivity index (χ0n) is 5.40. The van der Waals surface area contributed by atoms with Gasteiger partial charge < -0.3 is 16.2 Å². The molecule has 0 aliphatic carbocycles. The molecule has 0 saturated heterocycles. The SMILES string of the molecule is [Co+2].[N-]=C=S.[N-]=C=S.[N-]=C=S.[Na+]. The molecular weight excluding hydrogens is 256 g/mol. The molecule has 0 aliphatic heterocycles. The van der Waals surface area contributed by atoms with Crippen molar-refractivity contribution in [2.75, 3.05) is 0 Å². The normalized spacial score (nSPS) is 2.18. The molecule has 8 heteroatoms. The van der Waals surface area contributed by atoms with Crippen LogP contribution in [0.2, 0.25) is 0 Å². The Morgan fingerprint density at radius 2 is 0.727 bits per heavy atom. The van der Waals surface area contributed by atoms with Crippen LogP contribution in [0.3, 0.4) is 0 Å². The van der Waals surface area contributed by atoms with Gasteiger partial charge in [0, 0.05) is 0 Å². The summed E-state index contributed by atoms with van der Waals surface area (Å²) >= 11 is 11.1. The number of thiocarbonyl (C=S) groups is 3. The van der Waals surface area contributed by atoms with E-state index in [-0.39, 0.29) is 46.3 Å². The quantitative estimate of drug-likeness (QED) is 0.316. The molecule has 0 bridgehead atoms. The predicted octanol–water partition coefficient (Wildman–Crippen LogP) is -1.02. The molecule has 0 aromatic carbocycles. The molecule has 0 fully saturated rings. The van der Waals surface area contributed by atoms with Crippen molar-refractivity contribution in [2.45, 2.75) is 0 Å². The minimum Gasteiger partial charge on any atom is -0.753 e. The molecule has 3 nitrogen and oxygen atoms in total. The third-order valence-corrected chi connectivity index (χ3v) is 0. The van der Waals surface area contributed by atoms with Crippen molar-refractivity contribution in [3.8, 4) is 0 Å². The van der Waals surface area contributed by atoms with Crippen LogP contribution in [0.1, 0.15) is 0 Å². The third-order valence-electron chi connectivity index (χ3n) is 0. The van der Waals surface area contributed by atoms with Crippen molar-refractivity contribution >= 4 is 52.1 Å². The van der Waals surface area contributed by atoms with Crippen molar-refractivity contribution in [2.24, 2.45) is 0 Å². The standard InChI is InChI=1S/3CNS.Co.Na/c3*2-1-3;;/q3*-1;+2;+1. The molecule has 0 heterocycles. The van der Waals surface area contributed by atoms with Gasteiger partial charge in [-0.15, -0.1) is 0 Å². The number of nitrogens with zero attached hydrogens (tertiary/aromatic N) is 3. The van der Waals surface area contributed by atoms with E-state index < -0.39 is 0 Å². The van der Waals surface area contributed by atoms with Crippen LogP contribution in [0, 0.1) is 0 Å². The van der Waals surface area contributed by atoms with E-state index in [0.717, 1.165) is 0 Å². The Morgan fingerprint density at radius 3 is 0.727 bits per heavy atom. The van der Waals surface area contributed by atoms with Crippen LogP contribution >= 0.6 is 36.7 Å². The summed E-state index contributed by atoms with van der Waals surface area (Å²) in [5, 5.41) is 25.4. The van der Waals surface area contributed by atoms with Crippen LogP contribution in [-0.4, -0.2) is 15.5 Å². The van der Waals surface area contributed by atoms with Crippen LogP contribution in [0.15, 0.2) is 0 Å². The van der Waals surface area contributed by atoms with Gasteiger partial charge >= 0.3 is 46.3 Å². The third kappa shape index (κ3) is 1050. The Labute approximate surface area is 113 Å². The summed E-state index contributed by atoms with van der Waals surface area (Å²) in [7, 11) is 0. The predicted molar refractivity (Wildman–Crippen MR) is 47.9 cm³/mol. The van der Waals surface area contributed by atoms with Crippen molar-refractivity contribution in [3.63, 3.8) is 0 Å². The molecule has 0 N–H and O–H groups in total. The van der Waals surface area contributed by atoms with Crippen LogP contribution in [0.25, 0.3) is 16.2 Å². The first-order chi connectivity index (χ1) is 4.24. The molecule has 0 aliphatic rings. The van der Waals surface area contributed by atoms with Gasteiger partial charge in [0.1, 0.15) is 0 Å². The van der Waals surface area contributed by atoms with Gasteiger partial charge in [-0.05, 0) is 0 Å². The topological polar surface area (TPSA) is 66.9 Å². The van der Waals surface area contributed by atoms with Gasteiger partial charge in [0.05, 0.1) is 0 Å². The van der Waals surface area contributed by atoms with E-state index in [1.54, 1.807) is 0 Å². The first kappa shape index (κ1) is 29.7. The molecule has 0 amide bonds. The fourth-order valence-electron chi connectivity index (χ4n) is 0. The molecule has 0 atom stereocenters. The summed E-state index contributed by atoms with van der Waals surface area (Å²) in [4.78, 5) is 0. The molecule has 0 aromatic heterocycles. The molecule has 0 saturated carbocycles. The first-order valence-electron chi connectivity index (χ1n) is 1.28. The van der Waals surface area contributed by atoms with Crippen molar-refractivity contribution < 1.29 is 46.3 Å². The maximum atomic E-state index is 7.13. The second-order valence-electron chi connectivity index (χ2n) is 0.274. The molecular formula is C3CoN3NaS3. The summed E-state index contributed by atoms with van der Waals surface area (Å²) in [6.07, 6.45) is 0. The van der Waals surface area contributed by atoms with Crippen molar-refractivity contribution in [1.82, 2.24) is 0 Å². The Hall–Kier alpha value is 0.906. The second-order valence-corrected chi connectivity index (χ2v) is 0.822. The maximum Gasteiger partial charge on any atom is 2.00 e. The zero-order chi connectivity index (χ0) is 8.12. The Bertz CT molecular complexity index is 115. The van der Waals surface area contributed by atoms with Crippen molar-refractivity contribution in [3.05, 3.63) is 16.2 Å². The van der Waals surface area contributed by atoms with Crippen LogP contribution < -0.4 is 29.6 Å². The average molecular weight is 256 g/mol.